The number of likely N-dealkylation sites (N-methyl/N-ethyl adjacent to an activating group) is 1. The van der Waals surface area contributed by atoms with Gasteiger partial charge in [-0.25, -0.2) is 4.98 Å². The summed E-state index contributed by atoms with van der Waals surface area (Å²) < 4.78 is 0. The van der Waals surface area contributed by atoms with Gasteiger partial charge in [0, 0.05) is 44.6 Å². The van der Waals surface area contributed by atoms with Gasteiger partial charge in [0.2, 0.25) is 0 Å². The maximum Gasteiger partial charge on any atom is 0.106 e. The fourth-order valence-electron chi connectivity index (χ4n) is 1.75. The molecule has 0 saturated carbocycles. The molecule has 0 atom stereocenters. The second-order valence-electron chi connectivity index (χ2n) is 4.02. The molecule has 0 spiro atoms. The molecule has 1 aliphatic rings. The summed E-state index contributed by atoms with van der Waals surface area (Å²) in [6.07, 6.45) is 0. The predicted molar refractivity (Wildman–Crippen MR) is 62.8 cm³/mol. The van der Waals surface area contributed by atoms with Crippen LogP contribution < -0.4 is 5.73 Å². The van der Waals surface area contributed by atoms with E-state index in [-0.39, 0.29) is 0 Å². The largest absolute Gasteiger partial charge is 0.325 e. The molecular formula is C10H18N4S. The molecule has 0 radical (unpaired) electrons. The average Bonchev–Trinajstić information content (AvgIpc) is 2.69. The third-order valence-corrected chi connectivity index (χ3v) is 3.68. The van der Waals surface area contributed by atoms with Crippen LogP contribution >= 0.6 is 11.3 Å². The zero-order valence-corrected chi connectivity index (χ0v) is 9.96. The second kappa shape index (κ2) is 5.03. The van der Waals surface area contributed by atoms with Crippen LogP contribution in [0, 0.1) is 0 Å². The summed E-state index contributed by atoms with van der Waals surface area (Å²) in [5, 5.41) is 3.17. The number of aromatic nitrogens is 1. The van der Waals surface area contributed by atoms with Crippen molar-refractivity contribution in [3.8, 4) is 0 Å². The van der Waals surface area contributed by atoms with Gasteiger partial charge in [-0.05, 0) is 7.05 Å². The third kappa shape index (κ3) is 2.98. The van der Waals surface area contributed by atoms with Gasteiger partial charge in [0.25, 0.3) is 0 Å². The van der Waals surface area contributed by atoms with E-state index in [0.717, 1.165) is 37.7 Å². The molecule has 0 aliphatic carbocycles. The molecule has 15 heavy (non-hydrogen) atoms. The molecule has 4 nitrogen and oxygen atoms in total. The van der Waals surface area contributed by atoms with Gasteiger partial charge in [-0.1, -0.05) is 0 Å². The van der Waals surface area contributed by atoms with Gasteiger partial charge in [-0.2, -0.15) is 0 Å². The maximum absolute atomic E-state index is 5.54. The monoisotopic (exact) mass is 226 g/mol. The van der Waals surface area contributed by atoms with E-state index in [2.05, 4.69) is 27.2 Å². The van der Waals surface area contributed by atoms with E-state index >= 15 is 0 Å². The van der Waals surface area contributed by atoms with E-state index < -0.39 is 0 Å². The first kappa shape index (κ1) is 11.0. The minimum atomic E-state index is 0.563. The quantitative estimate of drug-likeness (QED) is 0.808. The number of thiazole rings is 1. The van der Waals surface area contributed by atoms with E-state index in [0.29, 0.717) is 6.54 Å². The minimum Gasteiger partial charge on any atom is -0.325 e. The Morgan fingerprint density at radius 3 is 2.73 bits per heavy atom. The average molecular weight is 226 g/mol. The normalized spacial score (nSPS) is 19.6. The van der Waals surface area contributed by atoms with Crippen LogP contribution in [-0.4, -0.2) is 48.0 Å². The zero-order chi connectivity index (χ0) is 10.7. The first-order chi connectivity index (χ1) is 7.28. The van der Waals surface area contributed by atoms with Crippen molar-refractivity contribution in [2.24, 2.45) is 5.73 Å². The molecule has 0 aromatic carbocycles. The maximum atomic E-state index is 5.54. The first-order valence-electron chi connectivity index (χ1n) is 5.32. The predicted octanol–water partition coefficient (Wildman–Crippen LogP) is 0.349. The molecule has 2 N–H and O–H groups in total. The highest BCUT2D eigenvalue weighted by molar-refractivity contribution is 7.09. The Kier molecular flexibility index (Phi) is 3.69. The van der Waals surface area contributed by atoms with Gasteiger partial charge in [-0.15, -0.1) is 11.3 Å². The van der Waals surface area contributed by atoms with Crippen LogP contribution in [0.3, 0.4) is 0 Å². The molecule has 1 aromatic rings. The van der Waals surface area contributed by atoms with Crippen LogP contribution in [0.2, 0.25) is 0 Å². The summed E-state index contributed by atoms with van der Waals surface area (Å²) >= 11 is 1.67. The van der Waals surface area contributed by atoms with Crippen LogP contribution in [0.1, 0.15) is 10.7 Å². The fraction of sp³-hybridized carbons (Fsp3) is 0.700. The Morgan fingerprint density at radius 1 is 1.40 bits per heavy atom. The van der Waals surface area contributed by atoms with Crippen molar-refractivity contribution in [2.45, 2.75) is 13.1 Å². The molecule has 84 valence electrons. The number of nitrogens with two attached hydrogens (primary N) is 1. The lowest BCUT2D eigenvalue weighted by Gasteiger charge is -2.31. The molecule has 2 heterocycles. The van der Waals surface area contributed by atoms with E-state index in [1.165, 1.54) is 5.69 Å². The number of rotatable bonds is 3. The van der Waals surface area contributed by atoms with Crippen molar-refractivity contribution in [2.75, 3.05) is 33.2 Å². The highest BCUT2D eigenvalue weighted by atomic mass is 32.1. The second-order valence-corrected chi connectivity index (χ2v) is 4.96. The lowest BCUT2D eigenvalue weighted by atomic mass is 10.3. The smallest absolute Gasteiger partial charge is 0.106 e. The van der Waals surface area contributed by atoms with Crippen LogP contribution in [0.4, 0.5) is 0 Å². The topological polar surface area (TPSA) is 45.4 Å². The standard InChI is InChI=1S/C10H18N4S/c1-13-2-4-14(5-3-13)7-9-8-15-10(6-11)12-9/h8H,2-7,11H2,1H3. The molecule has 0 unspecified atom stereocenters. The molecule has 5 heteroatoms. The molecule has 1 aromatic heterocycles. The fourth-order valence-corrected chi connectivity index (χ4v) is 2.42. The van der Waals surface area contributed by atoms with E-state index in [1.54, 1.807) is 11.3 Å². The summed E-state index contributed by atoms with van der Waals surface area (Å²) in [4.78, 5) is 9.30. The SMILES string of the molecule is CN1CCN(Cc2csc(CN)n2)CC1. The van der Waals surface area contributed by atoms with Gasteiger partial charge in [0.05, 0.1) is 5.69 Å². The van der Waals surface area contributed by atoms with Gasteiger partial charge in [0.15, 0.2) is 0 Å². The van der Waals surface area contributed by atoms with Crippen molar-refractivity contribution in [1.82, 2.24) is 14.8 Å². The molecule has 1 saturated heterocycles. The summed E-state index contributed by atoms with van der Waals surface area (Å²) in [7, 11) is 2.17. The summed E-state index contributed by atoms with van der Waals surface area (Å²) in [5.74, 6) is 0. The van der Waals surface area contributed by atoms with Gasteiger partial charge in [-0.3, -0.25) is 4.90 Å². The van der Waals surface area contributed by atoms with Crippen molar-refractivity contribution < 1.29 is 0 Å². The van der Waals surface area contributed by atoms with E-state index in [4.69, 9.17) is 5.73 Å². The number of hydrogen-bond donors (Lipinski definition) is 1. The Labute approximate surface area is 94.7 Å². The molecule has 0 bridgehead atoms. The van der Waals surface area contributed by atoms with Crippen molar-refractivity contribution in [1.29, 1.82) is 0 Å². The lowest BCUT2D eigenvalue weighted by Crippen LogP contribution is -2.43. The van der Waals surface area contributed by atoms with Crippen LogP contribution in [0.15, 0.2) is 5.38 Å². The minimum absolute atomic E-state index is 0.563. The number of piperazine rings is 1. The molecule has 1 fully saturated rings. The van der Waals surface area contributed by atoms with Crippen molar-refractivity contribution in [3.63, 3.8) is 0 Å². The van der Waals surface area contributed by atoms with Gasteiger partial charge in [0.1, 0.15) is 5.01 Å². The molecule has 0 amide bonds. The Morgan fingerprint density at radius 2 is 2.13 bits per heavy atom. The van der Waals surface area contributed by atoms with Crippen molar-refractivity contribution >= 4 is 11.3 Å². The lowest BCUT2D eigenvalue weighted by molar-refractivity contribution is 0.147. The Hall–Kier alpha value is -0.490. The first-order valence-corrected chi connectivity index (χ1v) is 6.20. The Balaban J connectivity index is 1.86. The highest BCUT2D eigenvalue weighted by Crippen LogP contribution is 2.12. The zero-order valence-electron chi connectivity index (χ0n) is 9.15. The van der Waals surface area contributed by atoms with Gasteiger partial charge < -0.3 is 10.6 Å². The third-order valence-electron chi connectivity index (χ3n) is 2.76. The van der Waals surface area contributed by atoms with Gasteiger partial charge >= 0.3 is 0 Å². The van der Waals surface area contributed by atoms with Crippen LogP contribution in [0.5, 0.6) is 0 Å². The van der Waals surface area contributed by atoms with Crippen LogP contribution in [0.25, 0.3) is 0 Å². The number of hydrogen-bond acceptors (Lipinski definition) is 5. The van der Waals surface area contributed by atoms with Crippen molar-refractivity contribution in [3.05, 3.63) is 16.1 Å². The molecule has 2 rings (SSSR count). The van der Waals surface area contributed by atoms with E-state index in [1.807, 2.05) is 0 Å². The van der Waals surface area contributed by atoms with E-state index in [9.17, 15) is 0 Å². The Bertz CT molecular complexity index is 304. The number of nitrogens with zero attached hydrogens (tertiary/aromatic N) is 3. The molecular weight excluding hydrogens is 208 g/mol. The summed E-state index contributed by atoms with van der Waals surface area (Å²) in [6.45, 7) is 6.15. The molecule has 1 aliphatic heterocycles. The summed E-state index contributed by atoms with van der Waals surface area (Å²) in [6, 6.07) is 0. The van der Waals surface area contributed by atoms with Crippen LogP contribution in [-0.2, 0) is 13.1 Å². The summed E-state index contributed by atoms with van der Waals surface area (Å²) in [5.41, 5.74) is 6.71. The highest BCUT2D eigenvalue weighted by Gasteiger charge is 2.14.